The summed E-state index contributed by atoms with van der Waals surface area (Å²) in [5.41, 5.74) is 1.26. The van der Waals surface area contributed by atoms with Gasteiger partial charge in [-0.15, -0.1) is 5.73 Å². The van der Waals surface area contributed by atoms with Crippen LogP contribution < -0.4 is 0 Å². The first-order chi connectivity index (χ1) is 28.1. The molecule has 0 radical (unpaired) electrons. The van der Waals surface area contributed by atoms with Crippen molar-refractivity contribution in [3.05, 3.63) is 100 Å². The largest absolute Gasteiger partial charge is 0.481 e. The van der Waals surface area contributed by atoms with E-state index in [2.05, 4.69) is 5.73 Å². The van der Waals surface area contributed by atoms with Crippen LogP contribution >= 0.6 is 0 Å². The van der Waals surface area contributed by atoms with Crippen molar-refractivity contribution in [2.24, 2.45) is 10.8 Å². The van der Waals surface area contributed by atoms with Crippen LogP contribution in [0.1, 0.15) is 128 Å². The van der Waals surface area contributed by atoms with Crippen molar-refractivity contribution in [3.63, 3.8) is 0 Å². The number of esters is 2. The van der Waals surface area contributed by atoms with Gasteiger partial charge in [-0.1, -0.05) is 107 Å². The first kappa shape index (κ1) is 50.5. The minimum absolute atomic E-state index is 0.0853. The molecule has 4 N–H and O–H groups in total. The number of aliphatic carboxylic acids is 2. The monoisotopic (exact) mass is 846 g/mol. The second kappa shape index (κ2) is 19.9. The number of ketones is 1. The number of ether oxygens (including phenoxy) is 3. The van der Waals surface area contributed by atoms with Gasteiger partial charge in [0.15, 0.2) is 11.4 Å². The van der Waals surface area contributed by atoms with E-state index in [4.69, 9.17) is 19.3 Å². The van der Waals surface area contributed by atoms with Crippen molar-refractivity contribution in [2.75, 3.05) is 0 Å². The van der Waals surface area contributed by atoms with Crippen LogP contribution in [-0.4, -0.2) is 84.7 Å². The van der Waals surface area contributed by atoms with E-state index in [0.717, 1.165) is 22.3 Å². The summed E-state index contributed by atoms with van der Waals surface area (Å²) in [4.78, 5) is 60.2. The number of hydrogen-bond donors (Lipinski definition) is 4. The number of allylic oxidation sites excluding steroid dienone is 14. The number of aliphatic hydroxyl groups is 2. The molecule has 6 atom stereocenters. The lowest BCUT2D eigenvalue weighted by Crippen LogP contribution is -2.50. The van der Waals surface area contributed by atoms with Gasteiger partial charge in [0, 0.05) is 37.2 Å². The molecule has 5 unspecified atom stereocenters. The lowest BCUT2D eigenvalue weighted by Gasteiger charge is -2.46. The first-order valence-corrected chi connectivity index (χ1v) is 20.8. The summed E-state index contributed by atoms with van der Waals surface area (Å²) in [5, 5.41) is 40.0. The SMILES string of the molecule is CC[C@@]1(O)CC(OC(C)=O)CC(C)(C)C1=C=C/C(C)=C/C=C/C(C)=C/C=C/C=C(C)/C=C/C=C(\C)C(=O)CC12OC1(C)CC(OC(=O)CC(O)(CC(=O)O)C(=O)O)CC2(C)C. The van der Waals surface area contributed by atoms with Gasteiger partial charge in [-0.3, -0.25) is 19.2 Å². The Kier molecular flexibility index (Phi) is 16.5. The molecule has 0 aromatic rings. The smallest absolute Gasteiger partial charge is 0.336 e. The Balaban J connectivity index is 1.56. The predicted octanol–water partition coefficient (Wildman–Crippen LogP) is 8.31. The highest BCUT2D eigenvalue weighted by molar-refractivity contribution is 5.96. The highest BCUT2D eigenvalue weighted by Gasteiger charge is 2.76. The van der Waals surface area contributed by atoms with E-state index in [1.807, 2.05) is 123 Å². The molecule has 0 aromatic carbocycles. The fourth-order valence-corrected chi connectivity index (χ4v) is 8.87. The molecule has 0 amide bonds. The molecule has 2 saturated carbocycles. The fourth-order valence-electron chi connectivity index (χ4n) is 8.87. The molecule has 1 saturated heterocycles. The van der Waals surface area contributed by atoms with E-state index in [9.17, 15) is 39.3 Å². The Hall–Kier alpha value is -4.87. The molecule has 0 aromatic heterocycles. The first-order valence-electron chi connectivity index (χ1n) is 20.8. The average Bonchev–Trinajstić information content (AvgIpc) is 3.73. The zero-order valence-electron chi connectivity index (χ0n) is 37.7. The second-order valence-electron chi connectivity index (χ2n) is 18.5. The number of carbonyl (C=O) groups excluding carboxylic acids is 3. The van der Waals surface area contributed by atoms with Crippen LogP contribution in [0.25, 0.3) is 0 Å². The zero-order valence-corrected chi connectivity index (χ0v) is 37.7. The van der Waals surface area contributed by atoms with Gasteiger partial charge in [-0.2, -0.15) is 0 Å². The Morgan fingerprint density at radius 1 is 0.770 bits per heavy atom. The second-order valence-corrected chi connectivity index (χ2v) is 18.5. The van der Waals surface area contributed by atoms with Gasteiger partial charge >= 0.3 is 23.9 Å². The number of fused-ring (bicyclic) bond motifs is 1. The predicted molar refractivity (Wildman–Crippen MR) is 232 cm³/mol. The molecular formula is C49H66O12. The minimum atomic E-state index is -2.79. The summed E-state index contributed by atoms with van der Waals surface area (Å²) in [5.74, 6) is -4.85. The number of rotatable bonds is 18. The van der Waals surface area contributed by atoms with E-state index in [-0.39, 0.29) is 36.1 Å². The molecule has 2 aliphatic carbocycles. The molecule has 1 heterocycles. The number of Topliss-reactive ketones (excluding diaryl/α,β-unsaturated/α-hetero) is 1. The number of carbonyl (C=O) groups is 5. The molecule has 12 nitrogen and oxygen atoms in total. The van der Waals surface area contributed by atoms with E-state index < -0.39 is 64.7 Å². The van der Waals surface area contributed by atoms with E-state index in [0.29, 0.717) is 31.3 Å². The van der Waals surface area contributed by atoms with Crippen LogP contribution in [0.2, 0.25) is 0 Å². The summed E-state index contributed by atoms with van der Waals surface area (Å²) in [7, 11) is 0. The van der Waals surface area contributed by atoms with Gasteiger partial charge in [-0.25, -0.2) is 4.79 Å². The molecule has 334 valence electrons. The van der Waals surface area contributed by atoms with Crippen LogP contribution in [0.15, 0.2) is 100 Å². The Morgan fingerprint density at radius 2 is 1.33 bits per heavy atom. The van der Waals surface area contributed by atoms with Crippen LogP contribution in [0.3, 0.4) is 0 Å². The van der Waals surface area contributed by atoms with Gasteiger partial charge in [0.25, 0.3) is 0 Å². The third-order valence-corrected chi connectivity index (χ3v) is 12.1. The summed E-state index contributed by atoms with van der Waals surface area (Å²) >= 11 is 0. The van der Waals surface area contributed by atoms with Crippen LogP contribution in [-0.2, 0) is 38.2 Å². The van der Waals surface area contributed by atoms with Crippen molar-refractivity contribution >= 4 is 29.7 Å². The van der Waals surface area contributed by atoms with Crippen LogP contribution in [0, 0.1) is 10.8 Å². The Bertz CT molecular complexity index is 2010. The molecular weight excluding hydrogens is 781 g/mol. The molecule has 61 heavy (non-hydrogen) atoms. The molecule has 1 aliphatic heterocycles. The summed E-state index contributed by atoms with van der Waals surface area (Å²) < 4.78 is 17.3. The highest BCUT2D eigenvalue weighted by Crippen LogP contribution is 2.67. The molecule has 12 heteroatoms. The maximum Gasteiger partial charge on any atom is 0.336 e. The highest BCUT2D eigenvalue weighted by atomic mass is 16.6. The van der Waals surface area contributed by atoms with Crippen molar-refractivity contribution in [2.45, 2.75) is 162 Å². The summed E-state index contributed by atoms with van der Waals surface area (Å²) in [6.45, 7) is 20.8. The van der Waals surface area contributed by atoms with Crippen molar-refractivity contribution < 1.29 is 58.6 Å². The third kappa shape index (κ3) is 13.1. The molecule has 3 fully saturated rings. The standard InChI is InChI=1S/C49H66O12/c1-12-47(57)28-37(59-36(6)50)25-44(7,8)40(47)24-23-34(4)20-15-19-32(2)17-13-14-18-33(3)21-16-22-35(5)39(51)29-49-45(9,10)26-38(27-46(49,11)61-49)60-42(54)31-48(58,43(55)56)30-41(52)53/h13-23,37-38,57-58H,12,25-31H2,1-11H3,(H,52,53)(H,55,56)/b14-13+,19-15+,21-16+,32-17+,33-18+,34-20+,35-22+/t24?,37?,38?,46?,47-,48?,49?/m1/s1. The van der Waals surface area contributed by atoms with Gasteiger partial charge in [0.1, 0.15) is 17.8 Å². The quantitative estimate of drug-likeness (QED) is 0.0339. The van der Waals surface area contributed by atoms with Gasteiger partial charge in [-0.05, 0) is 76.5 Å². The van der Waals surface area contributed by atoms with Crippen molar-refractivity contribution in [3.8, 4) is 0 Å². The lowest BCUT2D eigenvalue weighted by atomic mass is 9.61. The molecule has 0 spiro atoms. The van der Waals surface area contributed by atoms with Gasteiger partial charge in [0.05, 0.1) is 24.0 Å². The number of carboxylic acids is 2. The van der Waals surface area contributed by atoms with Crippen molar-refractivity contribution in [1.29, 1.82) is 0 Å². The van der Waals surface area contributed by atoms with E-state index in [1.165, 1.54) is 6.92 Å². The van der Waals surface area contributed by atoms with Gasteiger partial charge < -0.3 is 34.6 Å². The minimum Gasteiger partial charge on any atom is -0.481 e. The zero-order chi connectivity index (χ0) is 46.2. The summed E-state index contributed by atoms with van der Waals surface area (Å²) in [6, 6.07) is 0. The maximum absolute atomic E-state index is 13.4. The maximum atomic E-state index is 13.4. The Labute approximate surface area is 360 Å². The number of carboxylic acid groups (broad SMARTS) is 2. The third-order valence-electron chi connectivity index (χ3n) is 12.1. The van der Waals surface area contributed by atoms with E-state index >= 15 is 0 Å². The van der Waals surface area contributed by atoms with Crippen molar-refractivity contribution in [1.82, 2.24) is 0 Å². The molecule has 3 rings (SSSR count). The van der Waals surface area contributed by atoms with Crippen LogP contribution in [0.4, 0.5) is 0 Å². The summed E-state index contributed by atoms with van der Waals surface area (Å²) in [6.07, 6.45) is 20.1. The van der Waals surface area contributed by atoms with E-state index in [1.54, 1.807) is 13.0 Å². The average molecular weight is 847 g/mol. The molecule has 3 aliphatic rings. The lowest BCUT2D eigenvalue weighted by molar-refractivity contribution is -0.175. The fraction of sp³-hybridized carbons (Fsp3) is 0.551. The van der Waals surface area contributed by atoms with Gasteiger partial charge in [0.2, 0.25) is 0 Å². The topological polar surface area (TPSA) is 197 Å². The Morgan fingerprint density at radius 3 is 1.85 bits per heavy atom. The normalized spacial score (nSPS) is 28.8. The number of epoxide rings is 1. The molecule has 0 bridgehead atoms. The van der Waals surface area contributed by atoms with Crippen LogP contribution in [0.5, 0.6) is 0 Å². The number of hydrogen-bond acceptors (Lipinski definition) is 10.